The molecule has 2 aliphatic rings. The molecule has 0 spiro atoms. The van der Waals surface area contributed by atoms with Gasteiger partial charge in [0.2, 0.25) is 11.7 Å². The SMILES string of the molecule is COC(=O)CC[C@@H](C(N)=O)N1C=C2C=CC(=O)C(OCc3ccc(CBr)cc3)=C2C1. The lowest BCUT2D eigenvalue weighted by molar-refractivity contribution is -0.141. The third-order valence-electron chi connectivity index (χ3n) is 5.04. The predicted molar refractivity (Wildman–Crippen MR) is 114 cm³/mol. The number of methoxy groups -OCH3 is 1. The summed E-state index contributed by atoms with van der Waals surface area (Å²) in [6.45, 7) is 0.563. The second kappa shape index (κ2) is 9.75. The van der Waals surface area contributed by atoms with Gasteiger partial charge in [-0.3, -0.25) is 14.4 Å². The highest BCUT2D eigenvalue weighted by molar-refractivity contribution is 9.08. The molecular formula is C22H23BrN2O5. The van der Waals surface area contributed by atoms with E-state index < -0.39 is 17.9 Å². The van der Waals surface area contributed by atoms with Crippen molar-refractivity contribution in [3.63, 3.8) is 0 Å². The van der Waals surface area contributed by atoms with Crippen LogP contribution in [0, 0.1) is 0 Å². The molecule has 8 heteroatoms. The van der Waals surface area contributed by atoms with Crippen molar-refractivity contribution in [2.45, 2.75) is 30.8 Å². The Hall–Kier alpha value is -2.87. The number of nitrogens with two attached hydrogens (primary N) is 1. The zero-order valence-electron chi connectivity index (χ0n) is 16.6. The molecule has 1 aromatic carbocycles. The molecule has 1 atom stereocenters. The van der Waals surface area contributed by atoms with Gasteiger partial charge in [0.05, 0.1) is 7.11 Å². The van der Waals surface area contributed by atoms with Crippen LogP contribution in [-0.2, 0) is 35.8 Å². The smallest absolute Gasteiger partial charge is 0.305 e. The van der Waals surface area contributed by atoms with Gasteiger partial charge < -0.3 is 20.1 Å². The number of esters is 1. The molecule has 0 saturated carbocycles. The van der Waals surface area contributed by atoms with E-state index in [-0.39, 0.29) is 31.0 Å². The first-order chi connectivity index (χ1) is 14.4. The van der Waals surface area contributed by atoms with Crippen molar-refractivity contribution in [2.75, 3.05) is 13.7 Å². The quantitative estimate of drug-likeness (QED) is 0.436. The summed E-state index contributed by atoms with van der Waals surface area (Å²) in [5, 5.41) is 0.772. The first-order valence-electron chi connectivity index (χ1n) is 9.49. The van der Waals surface area contributed by atoms with E-state index in [1.54, 1.807) is 17.2 Å². The van der Waals surface area contributed by atoms with Crippen molar-refractivity contribution in [2.24, 2.45) is 5.73 Å². The van der Waals surface area contributed by atoms with Crippen molar-refractivity contribution in [1.82, 2.24) is 4.90 Å². The number of fused-ring (bicyclic) bond motifs is 1. The molecule has 30 heavy (non-hydrogen) atoms. The number of halogens is 1. The Bertz CT molecular complexity index is 933. The monoisotopic (exact) mass is 474 g/mol. The number of ether oxygens (including phenoxy) is 2. The zero-order chi connectivity index (χ0) is 21.7. The number of rotatable bonds is 9. The fourth-order valence-electron chi connectivity index (χ4n) is 3.38. The Morgan fingerprint density at radius 2 is 1.90 bits per heavy atom. The lowest BCUT2D eigenvalue weighted by atomic mass is 10.00. The topological polar surface area (TPSA) is 98.9 Å². The molecule has 0 radical (unpaired) electrons. The number of primary amides is 1. The lowest BCUT2D eigenvalue weighted by Gasteiger charge is -2.25. The van der Waals surface area contributed by atoms with Crippen LogP contribution in [0.3, 0.4) is 0 Å². The molecule has 7 nitrogen and oxygen atoms in total. The number of benzene rings is 1. The van der Waals surface area contributed by atoms with Crippen LogP contribution in [0.1, 0.15) is 24.0 Å². The fourth-order valence-corrected chi connectivity index (χ4v) is 3.75. The lowest BCUT2D eigenvalue weighted by Crippen LogP contribution is -2.41. The molecule has 1 aliphatic heterocycles. The van der Waals surface area contributed by atoms with Gasteiger partial charge in [-0.05, 0) is 35.3 Å². The van der Waals surface area contributed by atoms with E-state index in [9.17, 15) is 14.4 Å². The first-order valence-corrected chi connectivity index (χ1v) is 10.6. The van der Waals surface area contributed by atoms with Gasteiger partial charge in [-0.15, -0.1) is 0 Å². The second-order valence-corrected chi connectivity index (χ2v) is 7.59. The van der Waals surface area contributed by atoms with Gasteiger partial charge in [-0.25, -0.2) is 0 Å². The number of amides is 1. The number of carbonyl (C=O) groups excluding carboxylic acids is 3. The van der Waals surface area contributed by atoms with Crippen LogP contribution in [0.2, 0.25) is 0 Å². The number of nitrogens with zero attached hydrogens (tertiary/aromatic N) is 1. The third kappa shape index (κ3) is 4.99. The van der Waals surface area contributed by atoms with Crippen molar-refractivity contribution in [1.29, 1.82) is 0 Å². The minimum Gasteiger partial charge on any atom is -0.484 e. The van der Waals surface area contributed by atoms with Crippen LogP contribution >= 0.6 is 15.9 Å². The number of allylic oxidation sites excluding steroid dienone is 2. The Balaban J connectivity index is 1.75. The van der Waals surface area contributed by atoms with Crippen molar-refractivity contribution in [3.8, 4) is 0 Å². The summed E-state index contributed by atoms with van der Waals surface area (Å²) in [5.41, 5.74) is 9.16. The molecule has 3 rings (SSSR count). The maximum atomic E-state index is 12.4. The maximum Gasteiger partial charge on any atom is 0.305 e. The fraction of sp³-hybridized carbons (Fsp3) is 0.318. The third-order valence-corrected chi connectivity index (χ3v) is 5.69. The number of ketones is 1. The zero-order valence-corrected chi connectivity index (χ0v) is 18.2. The summed E-state index contributed by atoms with van der Waals surface area (Å²) in [6, 6.07) is 7.22. The van der Waals surface area contributed by atoms with Crippen LogP contribution in [0.15, 0.2) is 59.5 Å². The van der Waals surface area contributed by atoms with Crippen LogP contribution in [-0.4, -0.2) is 42.3 Å². The molecular weight excluding hydrogens is 452 g/mol. The summed E-state index contributed by atoms with van der Waals surface area (Å²) in [7, 11) is 1.30. The predicted octanol–water partition coefficient (Wildman–Crippen LogP) is 2.50. The number of carbonyl (C=O) groups is 3. The van der Waals surface area contributed by atoms with E-state index in [0.29, 0.717) is 12.1 Å². The molecule has 1 amide bonds. The molecule has 0 aromatic heterocycles. The highest BCUT2D eigenvalue weighted by Gasteiger charge is 2.33. The van der Waals surface area contributed by atoms with E-state index in [0.717, 1.165) is 22.0 Å². The highest BCUT2D eigenvalue weighted by atomic mass is 79.9. The molecule has 0 unspecified atom stereocenters. The Morgan fingerprint density at radius 1 is 1.20 bits per heavy atom. The molecule has 2 N–H and O–H groups in total. The van der Waals surface area contributed by atoms with Crippen LogP contribution in [0.25, 0.3) is 0 Å². The summed E-state index contributed by atoms with van der Waals surface area (Å²) in [5.74, 6) is -0.896. The standard InChI is InChI=1S/C22H23BrN2O5/c1-29-20(27)9-7-18(22(24)28)25-11-16-6-8-19(26)21(17(16)12-25)30-13-15-4-2-14(10-23)3-5-15/h2-6,8,11,18H,7,9-10,12-13H2,1H3,(H2,24,28)/t18-/m0/s1. The Labute approximate surface area is 183 Å². The maximum absolute atomic E-state index is 12.4. The summed E-state index contributed by atoms with van der Waals surface area (Å²) in [6.07, 6.45) is 5.24. The first kappa shape index (κ1) is 21.8. The Morgan fingerprint density at radius 3 is 2.53 bits per heavy atom. The minimum atomic E-state index is -0.684. The number of hydrogen-bond donors (Lipinski definition) is 1. The molecule has 0 fully saturated rings. The minimum absolute atomic E-state index is 0.0748. The van der Waals surface area contributed by atoms with Crippen LogP contribution in [0.5, 0.6) is 0 Å². The summed E-state index contributed by atoms with van der Waals surface area (Å²) in [4.78, 5) is 37.6. The second-order valence-electron chi connectivity index (χ2n) is 7.03. The largest absolute Gasteiger partial charge is 0.484 e. The summed E-state index contributed by atoms with van der Waals surface area (Å²) < 4.78 is 10.5. The molecule has 1 aromatic rings. The van der Waals surface area contributed by atoms with E-state index in [4.69, 9.17) is 10.5 Å². The van der Waals surface area contributed by atoms with Crippen molar-refractivity contribution in [3.05, 3.63) is 70.6 Å². The van der Waals surface area contributed by atoms with E-state index in [1.807, 2.05) is 24.3 Å². The molecule has 1 heterocycles. The summed E-state index contributed by atoms with van der Waals surface area (Å²) >= 11 is 3.41. The van der Waals surface area contributed by atoms with Gasteiger partial charge in [0, 0.05) is 30.1 Å². The van der Waals surface area contributed by atoms with Gasteiger partial charge in [0.1, 0.15) is 12.6 Å². The average molecular weight is 475 g/mol. The van der Waals surface area contributed by atoms with Crippen molar-refractivity contribution >= 4 is 33.6 Å². The van der Waals surface area contributed by atoms with E-state index in [2.05, 4.69) is 20.7 Å². The van der Waals surface area contributed by atoms with Crippen molar-refractivity contribution < 1.29 is 23.9 Å². The van der Waals surface area contributed by atoms with Crippen LogP contribution < -0.4 is 5.73 Å². The van der Waals surface area contributed by atoms with Gasteiger partial charge in [-0.1, -0.05) is 40.2 Å². The molecule has 158 valence electrons. The van der Waals surface area contributed by atoms with Crippen LogP contribution in [0.4, 0.5) is 0 Å². The normalized spacial score (nSPS) is 16.3. The van der Waals surface area contributed by atoms with Gasteiger partial charge in [0.25, 0.3) is 0 Å². The van der Waals surface area contributed by atoms with E-state index in [1.165, 1.54) is 13.2 Å². The molecule has 1 aliphatic carbocycles. The molecule has 0 saturated heterocycles. The Kier molecular flexibility index (Phi) is 7.10. The average Bonchev–Trinajstić information content (AvgIpc) is 3.17. The van der Waals surface area contributed by atoms with Gasteiger partial charge in [0.15, 0.2) is 5.76 Å². The number of alkyl halides is 1. The van der Waals surface area contributed by atoms with Gasteiger partial charge in [-0.2, -0.15) is 0 Å². The number of hydrogen-bond acceptors (Lipinski definition) is 6. The van der Waals surface area contributed by atoms with E-state index >= 15 is 0 Å². The molecule has 0 bridgehead atoms. The highest BCUT2D eigenvalue weighted by Crippen LogP contribution is 2.32. The van der Waals surface area contributed by atoms with Gasteiger partial charge >= 0.3 is 5.97 Å².